The summed E-state index contributed by atoms with van der Waals surface area (Å²) in [6.07, 6.45) is 0.728. The second-order valence-electron chi connectivity index (χ2n) is 6.78. The van der Waals surface area contributed by atoms with E-state index in [1.807, 2.05) is 30.7 Å². The highest BCUT2D eigenvalue weighted by Gasteiger charge is 2.38. The first kappa shape index (κ1) is 18.5. The van der Waals surface area contributed by atoms with Gasteiger partial charge in [0.2, 0.25) is 5.91 Å². The standard InChI is InChI=1S/C19H22ClN3O3/c1-11-17(10-18(24)22-9-8-16(12(22)2)19(25)26)13(3)23(21-11)15-6-4-14(20)5-7-15/h4-7,12,16H,8-10H2,1-3H3,(H,25,26). The summed E-state index contributed by atoms with van der Waals surface area (Å²) in [5, 5.41) is 14.5. The van der Waals surface area contributed by atoms with Crippen molar-refractivity contribution in [2.45, 2.75) is 39.7 Å². The van der Waals surface area contributed by atoms with Gasteiger partial charge in [-0.2, -0.15) is 5.10 Å². The lowest BCUT2D eigenvalue weighted by Crippen LogP contribution is -2.38. The van der Waals surface area contributed by atoms with Crippen molar-refractivity contribution in [1.82, 2.24) is 14.7 Å². The molecular formula is C19H22ClN3O3. The van der Waals surface area contributed by atoms with Gasteiger partial charge in [-0.1, -0.05) is 11.6 Å². The minimum absolute atomic E-state index is 0.0527. The van der Waals surface area contributed by atoms with Gasteiger partial charge in [0.1, 0.15) is 0 Å². The zero-order chi connectivity index (χ0) is 19.0. The van der Waals surface area contributed by atoms with Crippen molar-refractivity contribution >= 4 is 23.5 Å². The van der Waals surface area contributed by atoms with Gasteiger partial charge in [0.25, 0.3) is 0 Å². The van der Waals surface area contributed by atoms with Crippen LogP contribution in [0, 0.1) is 19.8 Å². The van der Waals surface area contributed by atoms with Crippen LogP contribution in [0.15, 0.2) is 24.3 Å². The van der Waals surface area contributed by atoms with Crippen molar-refractivity contribution in [3.8, 4) is 5.69 Å². The molecule has 0 radical (unpaired) electrons. The summed E-state index contributed by atoms with van der Waals surface area (Å²) >= 11 is 5.94. The Kier molecular flexibility index (Phi) is 5.05. The number of amides is 1. The maximum Gasteiger partial charge on any atom is 0.308 e. The molecule has 1 aromatic carbocycles. The predicted octanol–water partition coefficient (Wildman–Crippen LogP) is 3.01. The fourth-order valence-corrected chi connectivity index (χ4v) is 3.77. The Balaban J connectivity index is 1.81. The predicted molar refractivity (Wildman–Crippen MR) is 98.7 cm³/mol. The lowest BCUT2D eigenvalue weighted by atomic mass is 10.0. The van der Waals surface area contributed by atoms with Crippen molar-refractivity contribution in [3.63, 3.8) is 0 Å². The number of halogens is 1. The van der Waals surface area contributed by atoms with Gasteiger partial charge in [0.15, 0.2) is 0 Å². The fraction of sp³-hybridized carbons (Fsp3) is 0.421. The fourth-order valence-electron chi connectivity index (χ4n) is 3.64. The quantitative estimate of drug-likeness (QED) is 0.891. The maximum absolute atomic E-state index is 12.8. The first-order chi connectivity index (χ1) is 12.3. The number of carbonyl (C=O) groups is 2. The highest BCUT2D eigenvalue weighted by atomic mass is 35.5. The first-order valence-corrected chi connectivity index (χ1v) is 9.00. The second kappa shape index (κ2) is 7.11. The van der Waals surface area contributed by atoms with Crippen molar-refractivity contribution < 1.29 is 14.7 Å². The zero-order valence-electron chi connectivity index (χ0n) is 15.1. The van der Waals surface area contributed by atoms with E-state index in [-0.39, 0.29) is 18.4 Å². The third-order valence-corrected chi connectivity index (χ3v) is 5.48. The van der Waals surface area contributed by atoms with E-state index < -0.39 is 11.9 Å². The van der Waals surface area contributed by atoms with Crippen molar-refractivity contribution in [2.24, 2.45) is 5.92 Å². The van der Waals surface area contributed by atoms with Crippen molar-refractivity contribution in [3.05, 3.63) is 46.2 Å². The number of hydrogen-bond acceptors (Lipinski definition) is 3. The van der Waals surface area contributed by atoms with Gasteiger partial charge in [-0.3, -0.25) is 9.59 Å². The van der Waals surface area contributed by atoms with E-state index in [0.717, 1.165) is 22.6 Å². The Labute approximate surface area is 157 Å². The van der Waals surface area contributed by atoms with Crippen LogP contribution in [0.3, 0.4) is 0 Å². The number of hydrogen-bond donors (Lipinski definition) is 1. The highest BCUT2D eigenvalue weighted by molar-refractivity contribution is 6.30. The number of likely N-dealkylation sites (tertiary alicyclic amines) is 1. The normalized spacial score (nSPS) is 19.8. The Bertz CT molecular complexity index is 844. The number of carboxylic acid groups (broad SMARTS) is 1. The van der Waals surface area contributed by atoms with E-state index in [9.17, 15) is 14.7 Å². The van der Waals surface area contributed by atoms with Crippen LogP contribution in [0.4, 0.5) is 0 Å². The molecule has 3 rings (SSSR count). The number of carbonyl (C=O) groups excluding carboxylic acids is 1. The van der Waals surface area contributed by atoms with Crippen LogP contribution in [-0.2, 0) is 16.0 Å². The molecule has 1 aliphatic heterocycles. The topological polar surface area (TPSA) is 75.4 Å². The number of aromatic nitrogens is 2. The van der Waals surface area contributed by atoms with E-state index >= 15 is 0 Å². The molecule has 1 aliphatic rings. The molecule has 6 nitrogen and oxygen atoms in total. The van der Waals surface area contributed by atoms with Crippen molar-refractivity contribution in [2.75, 3.05) is 6.54 Å². The Morgan fingerprint density at radius 1 is 1.27 bits per heavy atom. The molecule has 2 aromatic rings. The summed E-state index contributed by atoms with van der Waals surface area (Å²) in [4.78, 5) is 25.7. The number of carboxylic acids is 1. The molecule has 0 spiro atoms. The van der Waals surface area contributed by atoms with Gasteiger partial charge in [0.05, 0.1) is 23.7 Å². The van der Waals surface area contributed by atoms with Gasteiger partial charge in [0, 0.05) is 28.9 Å². The third kappa shape index (κ3) is 3.33. The number of aryl methyl sites for hydroxylation is 1. The van der Waals surface area contributed by atoms with Gasteiger partial charge < -0.3 is 10.0 Å². The molecule has 2 atom stereocenters. The summed E-state index contributed by atoms with van der Waals surface area (Å²) in [5.74, 6) is -1.38. The molecule has 1 N–H and O–H groups in total. The Hall–Kier alpha value is -2.34. The van der Waals surface area contributed by atoms with Crippen LogP contribution < -0.4 is 0 Å². The molecule has 0 aliphatic carbocycles. The van der Waals surface area contributed by atoms with Gasteiger partial charge in [-0.15, -0.1) is 0 Å². The maximum atomic E-state index is 12.8. The smallest absolute Gasteiger partial charge is 0.308 e. The molecule has 1 aromatic heterocycles. The zero-order valence-corrected chi connectivity index (χ0v) is 15.8. The number of nitrogens with zero attached hydrogens (tertiary/aromatic N) is 3. The molecular weight excluding hydrogens is 354 g/mol. The molecule has 0 saturated carbocycles. The van der Waals surface area contributed by atoms with Crippen molar-refractivity contribution in [1.29, 1.82) is 0 Å². The Morgan fingerprint density at radius 2 is 1.92 bits per heavy atom. The summed E-state index contributed by atoms with van der Waals surface area (Å²) < 4.78 is 1.81. The second-order valence-corrected chi connectivity index (χ2v) is 7.21. The highest BCUT2D eigenvalue weighted by Crippen LogP contribution is 2.26. The van der Waals surface area contributed by atoms with Gasteiger partial charge in [-0.05, 0) is 51.5 Å². The molecule has 1 amide bonds. The molecule has 2 heterocycles. The largest absolute Gasteiger partial charge is 0.481 e. The molecule has 138 valence electrons. The summed E-state index contributed by atoms with van der Waals surface area (Å²) in [6, 6.07) is 7.08. The lowest BCUT2D eigenvalue weighted by molar-refractivity contribution is -0.143. The summed E-state index contributed by atoms with van der Waals surface area (Å²) in [5.41, 5.74) is 3.47. The molecule has 26 heavy (non-hydrogen) atoms. The van der Waals surface area contributed by atoms with Gasteiger partial charge in [-0.25, -0.2) is 4.68 Å². The van der Waals surface area contributed by atoms with Crippen LogP contribution >= 0.6 is 11.6 Å². The minimum atomic E-state index is -0.837. The molecule has 1 fully saturated rings. The number of aliphatic carboxylic acids is 1. The van der Waals surface area contributed by atoms with Crippen LogP contribution in [0.25, 0.3) is 5.69 Å². The molecule has 7 heteroatoms. The average molecular weight is 376 g/mol. The van der Waals surface area contributed by atoms with E-state index in [2.05, 4.69) is 5.10 Å². The summed E-state index contributed by atoms with van der Waals surface area (Å²) in [6.45, 7) is 6.11. The summed E-state index contributed by atoms with van der Waals surface area (Å²) in [7, 11) is 0. The van der Waals surface area contributed by atoms with E-state index in [4.69, 9.17) is 11.6 Å². The number of benzene rings is 1. The van der Waals surface area contributed by atoms with E-state index in [0.29, 0.717) is 18.0 Å². The van der Waals surface area contributed by atoms with Crippen LogP contribution in [0.5, 0.6) is 0 Å². The third-order valence-electron chi connectivity index (χ3n) is 5.23. The Morgan fingerprint density at radius 3 is 2.50 bits per heavy atom. The van der Waals surface area contributed by atoms with Crippen LogP contribution in [-0.4, -0.2) is 44.3 Å². The molecule has 0 bridgehead atoms. The molecule has 1 saturated heterocycles. The van der Waals surface area contributed by atoms with E-state index in [1.165, 1.54) is 0 Å². The SMILES string of the molecule is Cc1nn(-c2ccc(Cl)cc2)c(C)c1CC(=O)N1CCC(C(=O)O)C1C. The number of rotatable bonds is 4. The average Bonchev–Trinajstić information content (AvgIpc) is 3.10. The minimum Gasteiger partial charge on any atom is -0.481 e. The monoisotopic (exact) mass is 375 g/mol. The van der Waals surface area contributed by atoms with Crippen LogP contribution in [0.1, 0.15) is 30.3 Å². The first-order valence-electron chi connectivity index (χ1n) is 8.63. The van der Waals surface area contributed by atoms with Crippen LogP contribution in [0.2, 0.25) is 5.02 Å². The van der Waals surface area contributed by atoms with E-state index in [1.54, 1.807) is 24.0 Å². The van der Waals surface area contributed by atoms with Gasteiger partial charge >= 0.3 is 5.97 Å². The lowest BCUT2D eigenvalue weighted by Gasteiger charge is -2.23. The molecule has 2 unspecified atom stereocenters.